The maximum absolute atomic E-state index is 11.8. The molecule has 0 radical (unpaired) electrons. The van der Waals surface area contributed by atoms with E-state index in [2.05, 4.69) is 5.32 Å². The summed E-state index contributed by atoms with van der Waals surface area (Å²) in [6, 6.07) is 4.32. The summed E-state index contributed by atoms with van der Waals surface area (Å²) in [7, 11) is 0. The number of amides is 1. The van der Waals surface area contributed by atoms with E-state index in [0.717, 1.165) is 0 Å². The summed E-state index contributed by atoms with van der Waals surface area (Å²) in [6.07, 6.45) is 0. The topological polar surface area (TPSA) is 66.4 Å². The molecule has 0 aromatic heterocycles. The number of nitrogens with one attached hydrogen (secondary N) is 1. The first-order valence-corrected chi connectivity index (χ1v) is 5.44. The first kappa shape index (κ1) is 13.5. The minimum atomic E-state index is -1.13. The van der Waals surface area contributed by atoms with E-state index < -0.39 is 11.4 Å². The van der Waals surface area contributed by atoms with Crippen LogP contribution in [-0.4, -0.2) is 17.0 Å². The van der Waals surface area contributed by atoms with E-state index in [0.29, 0.717) is 5.02 Å². The standard InChI is InChI=1S/C12H14ClNO3/c1-12(2,3)11(17)14-9-5-4-7(13)6-8(9)10(15)16/h4-6H,1-3H3,(H,14,17)(H,15,16). The third-order valence-electron chi connectivity index (χ3n) is 2.14. The smallest absolute Gasteiger partial charge is 0.337 e. The Labute approximate surface area is 105 Å². The number of carboxylic acids is 1. The molecule has 0 fully saturated rings. The number of hydrogen-bond donors (Lipinski definition) is 2. The summed E-state index contributed by atoms with van der Waals surface area (Å²) >= 11 is 5.71. The fourth-order valence-electron chi connectivity index (χ4n) is 1.11. The third kappa shape index (κ3) is 3.46. The van der Waals surface area contributed by atoms with Crippen LogP contribution in [-0.2, 0) is 4.79 Å². The number of carbonyl (C=O) groups excluding carboxylic acids is 1. The first-order chi connectivity index (χ1) is 7.71. The molecule has 1 aromatic rings. The van der Waals surface area contributed by atoms with E-state index in [-0.39, 0.29) is 17.2 Å². The van der Waals surface area contributed by atoms with Crippen molar-refractivity contribution in [2.45, 2.75) is 20.8 Å². The van der Waals surface area contributed by atoms with Crippen molar-refractivity contribution in [3.63, 3.8) is 0 Å². The molecule has 1 aromatic carbocycles. The van der Waals surface area contributed by atoms with E-state index in [1.807, 2.05) is 0 Å². The summed E-state index contributed by atoms with van der Waals surface area (Å²) in [5.41, 5.74) is -0.355. The molecule has 1 amide bonds. The lowest BCUT2D eigenvalue weighted by Crippen LogP contribution is -2.28. The molecule has 0 bridgehead atoms. The number of carbonyl (C=O) groups is 2. The molecule has 0 saturated heterocycles. The average molecular weight is 256 g/mol. The van der Waals surface area contributed by atoms with E-state index in [1.54, 1.807) is 20.8 Å². The van der Waals surface area contributed by atoms with Crippen molar-refractivity contribution in [1.82, 2.24) is 0 Å². The Hall–Kier alpha value is -1.55. The second kappa shape index (κ2) is 4.75. The van der Waals surface area contributed by atoms with E-state index in [1.165, 1.54) is 18.2 Å². The van der Waals surface area contributed by atoms with Crippen LogP contribution >= 0.6 is 11.6 Å². The number of carboxylic acid groups (broad SMARTS) is 1. The Bertz CT molecular complexity index is 463. The number of hydrogen-bond acceptors (Lipinski definition) is 2. The van der Waals surface area contributed by atoms with Crippen LogP contribution in [0.25, 0.3) is 0 Å². The van der Waals surface area contributed by atoms with Crippen molar-refractivity contribution in [2.24, 2.45) is 5.41 Å². The van der Waals surface area contributed by atoms with Crippen LogP contribution in [0.4, 0.5) is 5.69 Å². The number of aromatic carboxylic acids is 1. The number of anilines is 1. The normalized spacial score (nSPS) is 11.1. The van der Waals surface area contributed by atoms with Gasteiger partial charge in [0.25, 0.3) is 0 Å². The molecule has 0 aliphatic rings. The predicted molar refractivity (Wildman–Crippen MR) is 66.5 cm³/mol. The highest BCUT2D eigenvalue weighted by atomic mass is 35.5. The van der Waals surface area contributed by atoms with Gasteiger partial charge in [-0.1, -0.05) is 32.4 Å². The highest BCUT2D eigenvalue weighted by molar-refractivity contribution is 6.31. The maximum Gasteiger partial charge on any atom is 0.337 e. The van der Waals surface area contributed by atoms with Gasteiger partial charge in [-0.05, 0) is 18.2 Å². The maximum atomic E-state index is 11.8. The Morgan fingerprint density at radius 2 is 1.88 bits per heavy atom. The second-order valence-corrected chi connectivity index (χ2v) is 5.14. The predicted octanol–water partition coefficient (Wildman–Crippen LogP) is 3.02. The van der Waals surface area contributed by atoms with Crippen LogP contribution in [0.15, 0.2) is 18.2 Å². The molecule has 5 heteroatoms. The molecule has 0 heterocycles. The number of benzene rings is 1. The molecular weight excluding hydrogens is 242 g/mol. The summed E-state index contributed by atoms with van der Waals surface area (Å²) < 4.78 is 0. The molecule has 0 aliphatic heterocycles. The van der Waals surface area contributed by atoms with Crippen LogP contribution in [0.2, 0.25) is 5.02 Å². The van der Waals surface area contributed by atoms with Gasteiger partial charge in [-0.3, -0.25) is 4.79 Å². The Balaban J connectivity index is 3.07. The Morgan fingerprint density at radius 3 is 2.35 bits per heavy atom. The van der Waals surface area contributed by atoms with Gasteiger partial charge in [0.2, 0.25) is 5.91 Å². The van der Waals surface area contributed by atoms with Gasteiger partial charge in [0.15, 0.2) is 0 Å². The van der Waals surface area contributed by atoms with Gasteiger partial charge in [-0.2, -0.15) is 0 Å². The quantitative estimate of drug-likeness (QED) is 0.854. The first-order valence-electron chi connectivity index (χ1n) is 5.06. The highest BCUT2D eigenvalue weighted by Gasteiger charge is 2.23. The van der Waals surface area contributed by atoms with Gasteiger partial charge in [-0.15, -0.1) is 0 Å². The lowest BCUT2D eigenvalue weighted by Gasteiger charge is -2.18. The molecule has 2 N–H and O–H groups in total. The molecule has 17 heavy (non-hydrogen) atoms. The SMILES string of the molecule is CC(C)(C)C(=O)Nc1ccc(Cl)cc1C(=O)O. The van der Waals surface area contributed by atoms with Crippen molar-refractivity contribution in [3.8, 4) is 0 Å². The monoisotopic (exact) mass is 255 g/mol. The van der Waals surface area contributed by atoms with Crippen molar-refractivity contribution < 1.29 is 14.7 Å². The molecule has 1 rings (SSSR count). The van der Waals surface area contributed by atoms with Crippen LogP contribution in [0.5, 0.6) is 0 Å². The summed E-state index contributed by atoms with van der Waals surface area (Å²) in [4.78, 5) is 22.8. The van der Waals surface area contributed by atoms with E-state index in [9.17, 15) is 9.59 Å². The zero-order chi connectivity index (χ0) is 13.2. The van der Waals surface area contributed by atoms with Crippen LogP contribution in [0.1, 0.15) is 31.1 Å². The van der Waals surface area contributed by atoms with Gasteiger partial charge >= 0.3 is 5.97 Å². The fourth-order valence-corrected chi connectivity index (χ4v) is 1.28. The van der Waals surface area contributed by atoms with Gasteiger partial charge < -0.3 is 10.4 Å². The molecule has 0 saturated carbocycles. The largest absolute Gasteiger partial charge is 0.478 e. The molecular formula is C12H14ClNO3. The molecule has 0 unspecified atom stereocenters. The Morgan fingerprint density at radius 1 is 1.29 bits per heavy atom. The van der Waals surface area contributed by atoms with Crippen LogP contribution in [0, 0.1) is 5.41 Å². The zero-order valence-corrected chi connectivity index (χ0v) is 10.6. The van der Waals surface area contributed by atoms with E-state index in [4.69, 9.17) is 16.7 Å². The van der Waals surface area contributed by atoms with Crippen molar-refractivity contribution in [2.75, 3.05) is 5.32 Å². The molecule has 92 valence electrons. The minimum absolute atomic E-state index is 0.0184. The highest BCUT2D eigenvalue weighted by Crippen LogP contribution is 2.23. The van der Waals surface area contributed by atoms with Gasteiger partial charge in [0.05, 0.1) is 11.3 Å². The zero-order valence-electron chi connectivity index (χ0n) is 9.87. The number of halogens is 1. The van der Waals surface area contributed by atoms with Crippen molar-refractivity contribution >= 4 is 29.2 Å². The molecule has 0 aliphatic carbocycles. The fraction of sp³-hybridized carbons (Fsp3) is 0.333. The molecule has 4 nitrogen and oxygen atoms in total. The lowest BCUT2D eigenvalue weighted by atomic mass is 9.95. The third-order valence-corrected chi connectivity index (χ3v) is 2.38. The van der Waals surface area contributed by atoms with E-state index >= 15 is 0 Å². The number of rotatable bonds is 2. The van der Waals surface area contributed by atoms with Crippen molar-refractivity contribution in [3.05, 3.63) is 28.8 Å². The minimum Gasteiger partial charge on any atom is -0.478 e. The summed E-state index contributed by atoms with van der Waals surface area (Å²) in [5, 5.41) is 11.9. The summed E-state index contributed by atoms with van der Waals surface area (Å²) in [6.45, 7) is 5.25. The second-order valence-electron chi connectivity index (χ2n) is 4.70. The van der Waals surface area contributed by atoms with Gasteiger partial charge in [0, 0.05) is 10.4 Å². The van der Waals surface area contributed by atoms with Crippen LogP contribution < -0.4 is 5.32 Å². The molecule has 0 spiro atoms. The van der Waals surface area contributed by atoms with Gasteiger partial charge in [0.1, 0.15) is 0 Å². The summed E-state index contributed by atoms with van der Waals surface area (Å²) in [5.74, 6) is -1.38. The van der Waals surface area contributed by atoms with Crippen LogP contribution in [0.3, 0.4) is 0 Å². The molecule has 0 atom stereocenters. The van der Waals surface area contributed by atoms with Crippen molar-refractivity contribution in [1.29, 1.82) is 0 Å². The Kier molecular flexibility index (Phi) is 3.78. The lowest BCUT2D eigenvalue weighted by molar-refractivity contribution is -0.123. The average Bonchev–Trinajstić information content (AvgIpc) is 2.18. The van der Waals surface area contributed by atoms with Gasteiger partial charge in [-0.25, -0.2) is 4.79 Å².